The van der Waals surface area contributed by atoms with E-state index in [1.807, 2.05) is 0 Å². The van der Waals surface area contributed by atoms with Gasteiger partial charge in [-0.15, -0.1) is 0 Å². The van der Waals surface area contributed by atoms with Crippen LogP contribution in [0.1, 0.15) is 30.9 Å². The summed E-state index contributed by atoms with van der Waals surface area (Å²) >= 11 is 6.52. The zero-order chi connectivity index (χ0) is 24.3. The maximum atomic E-state index is 15.6. The number of ether oxygens (including phenoxy) is 1. The fourth-order valence-electron chi connectivity index (χ4n) is 4.66. The summed E-state index contributed by atoms with van der Waals surface area (Å²) in [5.41, 5.74) is 1.48. The summed E-state index contributed by atoms with van der Waals surface area (Å²) in [5.74, 6) is -1.81. The predicted octanol–water partition coefficient (Wildman–Crippen LogP) is 3.82. The zero-order valence-corrected chi connectivity index (χ0v) is 19.1. The van der Waals surface area contributed by atoms with Crippen LogP contribution in [0.15, 0.2) is 24.8 Å². The molecule has 1 aliphatic heterocycles. The lowest BCUT2D eigenvalue weighted by molar-refractivity contribution is -0.117. The van der Waals surface area contributed by atoms with Crippen LogP contribution >= 0.6 is 11.6 Å². The van der Waals surface area contributed by atoms with Crippen molar-refractivity contribution in [2.24, 2.45) is 11.8 Å². The minimum absolute atomic E-state index is 0.0571. The van der Waals surface area contributed by atoms with Gasteiger partial charge >= 0.3 is 0 Å². The normalized spacial score (nSPS) is 23.0. The van der Waals surface area contributed by atoms with E-state index < -0.39 is 29.9 Å². The van der Waals surface area contributed by atoms with E-state index in [2.05, 4.69) is 25.5 Å². The number of nitrogens with one attached hydrogen (secondary N) is 2. The Morgan fingerprint density at radius 1 is 1.37 bits per heavy atom. The highest BCUT2D eigenvalue weighted by atomic mass is 35.5. The molecule has 4 atom stereocenters. The van der Waals surface area contributed by atoms with E-state index >= 15 is 4.39 Å². The van der Waals surface area contributed by atoms with Crippen LogP contribution in [0.25, 0.3) is 27.8 Å². The lowest BCUT2D eigenvalue weighted by atomic mass is 9.88. The molecule has 182 valence electrons. The highest BCUT2D eigenvalue weighted by Gasteiger charge is 2.43. The van der Waals surface area contributed by atoms with Crippen LogP contribution in [0, 0.1) is 17.7 Å². The number of halogens is 3. The third kappa shape index (κ3) is 3.83. The molecule has 12 heteroatoms. The first kappa shape index (κ1) is 22.3. The van der Waals surface area contributed by atoms with Crippen LogP contribution in [0.5, 0.6) is 0 Å². The molecule has 1 saturated carbocycles. The molecule has 6 rings (SSSR count). The summed E-state index contributed by atoms with van der Waals surface area (Å²) in [4.78, 5) is 20.7. The summed E-state index contributed by atoms with van der Waals surface area (Å²) in [6.45, 7) is 0.954. The number of hydrogen-bond acceptors (Lipinski definition) is 6. The standard InChI is InChI=1S/C23H21ClF2N6O3/c24-19-17(12-5-28-31-21(12)18(20(19)26)22(33)10-2-1-3-35-9-10)14-7-32-8-15(29-16(32)6-27-14)30-23(34)11-4-13(11)25/h5-8,10-11,13,22,33H,1-4,9H2,(H,28,31)(H,30,34)/t10?,11-,13+,22?/m1/s1. The summed E-state index contributed by atoms with van der Waals surface area (Å²) in [6.07, 6.45) is 5.62. The van der Waals surface area contributed by atoms with Crippen molar-refractivity contribution in [3.05, 3.63) is 41.2 Å². The first-order chi connectivity index (χ1) is 16.9. The van der Waals surface area contributed by atoms with Crippen molar-refractivity contribution in [1.82, 2.24) is 24.6 Å². The Morgan fingerprint density at radius 2 is 2.20 bits per heavy atom. The van der Waals surface area contributed by atoms with Crippen molar-refractivity contribution in [1.29, 1.82) is 0 Å². The molecule has 1 aliphatic carbocycles. The number of carbonyl (C=O) groups excluding carboxylic acids is 1. The van der Waals surface area contributed by atoms with Gasteiger partial charge in [0, 0.05) is 35.2 Å². The number of imidazole rings is 1. The molecular formula is C23H21ClF2N6O3. The fourth-order valence-corrected chi connectivity index (χ4v) is 4.96. The van der Waals surface area contributed by atoms with Gasteiger partial charge in [-0.05, 0) is 19.3 Å². The third-order valence-electron chi connectivity index (χ3n) is 6.66. The Bertz CT molecular complexity index is 1450. The largest absolute Gasteiger partial charge is 0.388 e. The van der Waals surface area contributed by atoms with E-state index in [0.29, 0.717) is 47.4 Å². The van der Waals surface area contributed by atoms with E-state index in [-0.39, 0.29) is 28.7 Å². The second-order valence-electron chi connectivity index (χ2n) is 9.01. The minimum Gasteiger partial charge on any atom is -0.388 e. The quantitative estimate of drug-likeness (QED) is 0.382. The van der Waals surface area contributed by atoms with E-state index in [1.54, 1.807) is 16.8 Å². The number of aliphatic hydroxyl groups excluding tert-OH is 1. The van der Waals surface area contributed by atoms with Gasteiger partial charge in [0.2, 0.25) is 5.91 Å². The van der Waals surface area contributed by atoms with Gasteiger partial charge in [-0.3, -0.25) is 14.9 Å². The lowest BCUT2D eigenvalue weighted by Crippen LogP contribution is -2.24. The molecule has 1 amide bonds. The Morgan fingerprint density at radius 3 is 2.94 bits per heavy atom. The molecule has 0 spiro atoms. The summed E-state index contributed by atoms with van der Waals surface area (Å²) in [7, 11) is 0. The summed E-state index contributed by atoms with van der Waals surface area (Å²) < 4.78 is 35.9. The molecule has 1 saturated heterocycles. The van der Waals surface area contributed by atoms with E-state index in [4.69, 9.17) is 16.3 Å². The monoisotopic (exact) mass is 502 g/mol. The van der Waals surface area contributed by atoms with Crippen molar-refractivity contribution in [2.45, 2.75) is 31.5 Å². The number of amides is 1. The van der Waals surface area contributed by atoms with Crippen molar-refractivity contribution in [2.75, 3.05) is 18.5 Å². The maximum Gasteiger partial charge on any atom is 0.231 e. The summed E-state index contributed by atoms with van der Waals surface area (Å²) in [5, 5.41) is 20.8. The highest BCUT2D eigenvalue weighted by molar-refractivity contribution is 6.35. The molecule has 3 aromatic heterocycles. The zero-order valence-electron chi connectivity index (χ0n) is 18.3. The average molecular weight is 503 g/mol. The number of hydrogen-bond donors (Lipinski definition) is 3. The van der Waals surface area contributed by atoms with Crippen LogP contribution in [-0.4, -0.2) is 55.0 Å². The lowest BCUT2D eigenvalue weighted by Gasteiger charge is -2.28. The van der Waals surface area contributed by atoms with E-state index in [1.165, 1.54) is 12.4 Å². The van der Waals surface area contributed by atoms with Crippen LogP contribution in [0.4, 0.5) is 14.6 Å². The number of benzene rings is 1. The molecule has 35 heavy (non-hydrogen) atoms. The van der Waals surface area contributed by atoms with E-state index in [9.17, 15) is 14.3 Å². The number of carbonyl (C=O) groups is 1. The molecule has 4 aromatic rings. The van der Waals surface area contributed by atoms with Gasteiger partial charge in [0.15, 0.2) is 11.5 Å². The number of aromatic nitrogens is 5. The van der Waals surface area contributed by atoms with Crippen LogP contribution in [0.3, 0.4) is 0 Å². The predicted molar refractivity (Wildman–Crippen MR) is 123 cm³/mol. The minimum atomic E-state index is -1.12. The number of anilines is 1. The Kier molecular flexibility index (Phi) is 5.42. The number of alkyl halides is 1. The number of aliphatic hydroxyl groups is 1. The van der Waals surface area contributed by atoms with Crippen molar-refractivity contribution < 1.29 is 23.4 Å². The third-order valence-corrected chi connectivity index (χ3v) is 7.02. The number of nitrogens with zero attached hydrogens (tertiary/aromatic N) is 4. The highest BCUT2D eigenvalue weighted by Crippen LogP contribution is 2.43. The molecule has 4 heterocycles. The van der Waals surface area contributed by atoms with Gasteiger partial charge in [0.05, 0.1) is 53.5 Å². The average Bonchev–Trinajstić information content (AvgIpc) is 3.22. The first-order valence-corrected chi connectivity index (χ1v) is 11.7. The molecule has 2 unspecified atom stereocenters. The van der Waals surface area contributed by atoms with Gasteiger partial charge in [-0.1, -0.05) is 11.6 Å². The van der Waals surface area contributed by atoms with Gasteiger partial charge in [-0.2, -0.15) is 5.10 Å². The number of H-pyrrole nitrogens is 1. The Balaban J connectivity index is 1.39. The molecular weight excluding hydrogens is 482 g/mol. The van der Waals surface area contributed by atoms with Gasteiger partial charge < -0.3 is 19.6 Å². The van der Waals surface area contributed by atoms with Gasteiger partial charge in [-0.25, -0.2) is 13.8 Å². The Labute approximate surface area is 202 Å². The number of fused-ring (bicyclic) bond motifs is 2. The van der Waals surface area contributed by atoms with Crippen molar-refractivity contribution in [3.63, 3.8) is 0 Å². The van der Waals surface area contributed by atoms with Gasteiger partial charge in [0.1, 0.15) is 12.0 Å². The van der Waals surface area contributed by atoms with Crippen LogP contribution in [0.2, 0.25) is 5.02 Å². The van der Waals surface area contributed by atoms with Crippen LogP contribution in [-0.2, 0) is 9.53 Å². The molecule has 1 aromatic carbocycles. The second-order valence-corrected chi connectivity index (χ2v) is 9.39. The van der Waals surface area contributed by atoms with Crippen molar-refractivity contribution in [3.8, 4) is 11.3 Å². The number of rotatable bonds is 5. The molecule has 9 nitrogen and oxygen atoms in total. The Hall–Kier alpha value is -3.15. The smallest absolute Gasteiger partial charge is 0.231 e. The van der Waals surface area contributed by atoms with Crippen molar-refractivity contribution >= 4 is 39.9 Å². The molecule has 2 aliphatic rings. The van der Waals surface area contributed by atoms with Crippen LogP contribution < -0.4 is 5.32 Å². The first-order valence-electron chi connectivity index (χ1n) is 11.3. The maximum absolute atomic E-state index is 15.6. The molecule has 0 radical (unpaired) electrons. The SMILES string of the molecule is O=C(Nc1cn2cc(-c3c(Cl)c(F)c(C(O)C4CCCOC4)c4[nH]ncc34)ncc2n1)[C@@H]1C[C@@H]1F. The molecule has 3 N–H and O–H groups in total. The second kappa shape index (κ2) is 8.51. The summed E-state index contributed by atoms with van der Waals surface area (Å²) in [6, 6.07) is 0. The van der Waals surface area contributed by atoms with E-state index in [0.717, 1.165) is 6.42 Å². The van der Waals surface area contributed by atoms with Gasteiger partial charge in [0.25, 0.3) is 0 Å². The molecule has 0 bridgehead atoms. The topological polar surface area (TPSA) is 117 Å². The number of aromatic amines is 1. The molecule has 2 fully saturated rings. The fraction of sp³-hybridized carbons (Fsp3) is 0.391.